The average Bonchev–Trinajstić information content (AvgIpc) is 2.93. The van der Waals surface area contributed by atoms with Gasteiger partial charge in [-0.3, -0.25) is 4.79 Å². The smallest absolute Gasteiger partial charge is 0.358 e. The van der Waals surface area contributed by atoms with Crippen LogP contribution in [0, 0.1) is 0 Å². The molecule has 0 spiro atoms. The number of hydrogen-bond donors (Lipinski definition) is 0. The summed E-state index contributed by atoms with van der Waals surface area (Å²) in [5.74, 6) is -0.758. The molecule has 7 heteroatoms. The number of hydrogen-bond acceptors (Lipinski definition) is 7. The molecule has 1 aliphatic heterocycles. The minimum Gasteiger partial charge on any atom is -0.464 e. The minimum atomic E-state index is -0.579. The van der Waals surface area contributed by atoms with Gasteiger partial charge in [0, 0.05) is 27.1 Å². The Kier molecular flexibility index (Phi) is 5.30. The number of nitrogens with zero attached hydrogens (tertiary/aromatic N) is 2. The van der Waals surface area contributed by atoms with Crippen LogP contribution in [0.1, 0.15) is 46.3 Å². The molecule has 6 nitrogen and oxygen atoms in total. The fraction of sp³-hybridized carbons (Fsp3) is 0.643. The molecule has 1 atom stereocenters. The Balaban J connectivity index is 2.14. The number of carbonyl (C=O) groups excluding carboxylic acids is 2. The van der Waals surface area contributed by atoms with Crippen molar-refractivity contribution in [2.24, 2.45) is 0 Å². The van der Waals surface area contributed by atoms with Crippen molar-refractivity contribution in [2.45, 2.75) is 32.3 Å². The summed E-state index contributed by atoms with van der Waals surface area (Å²) in [4.78, 5) is 29.9. The molecule has 1 unspecified atom stereocenters. The first-order valence-electron chi connectivity index (χ1n) is 6.95. The highest BCUT2D eigenvalue weighted by molar-refractivity contribution is 7.17. The number of rotatable bonds is 5. The van der Waals surface area contributed by atoms with E-state index in [0.717, 1.165) is 19.4 Å². The van der Waals surface area contributed by atoms with Crippen molar-refractivity contribution in [2.75, 3.05) is 32.2 Å². The van der Waals surface area contributed by atoms with Gasteiger partial charge in [-0.2, -0.15) is 0 Å². The van der Waals surface area contributed by atoms with Gasteiger partial charge >= 0.3 is 5.97 Å². The van der Waals surface area contributed by atoms with E-state index < -0.39 is 5.97 Å². The molecule has 0 radical (unpaired) electrons. The van der Waals surface area contributed by atoms with E-state index in [2.05, 4.69) is 9.72 Å². The summed E-state index contributed by atoms with van der Waals surface area (Å²) in [6.07, 6.45) is 3.48. The number of anilines is 1. The monoisotopic (exact) mass is 312 g/mol. The number of Topliss-reactive ketones (excluding diaryl/α,β-unsaturated/α-hetero) is 1. The molecule has 1 fully saturated rings. The SMILES string of the molecule is COC(=O)c1nc(N(C)CC2CCCCO2)sc1C(C)=O. The van der Waals surface area contributed by atoms with Gasteiger partial charge in [0.1, 0.15) is 4.88 Å². The van der Waals surface area contributed by atoms with Crippen LogP contribution < -0.4 is 4.90 Å². The Bertz CT molecular complexity index is 523. The van der Waals surface area contributed by atoms with E-state index >= 15 is 0 Å². The molecule has 21 heavy (non-hydrogen) atoms. The largest absolute Gasteiger partial charge is 0.464 e. The average molecular weight is 312 g/mol. The van der Waals surface area contributed by atoms with Crippen LogP contribution in [0.15, 0.2) is 0 Å². The van der Waals surface area contributed by atoms with Crippen molar-refractivity contribution in [3.05, 3.63) is 10.6 Å². The Morgan fingerprint density at radius 3 is 2.81 bits per heavy atom. The van der Waals surface area contributed by atoms with E-state index in [1.54, 1.807) is 0 Å². The van der Waals surface area contributed by atoms with Crippen molar-refractivity contribution >= 4 is 28.2 Å². The molecule has 1 aromatic heterocycles. The number of ether oxygens (including phenoxy) is 2. The maximum atomic E-state index is 11.7. The van der Waals surface area contributed by atoms with Gasteiger partial charge in [0.2, 0.25) is 0 Å². The summed E-state index contributed by atoms with van der Waals surface area (Å²) in [6, 6.07) is 0. The molecule has 1 saturated heterocycles. The number of aromatic nitrogens is 1. The van der Waals surface area contributed by atoms with Gasteiger partial charge in [0.25, 0.3) is 0 Å². The predicted octanol–water partition coefficient (Wildman–Crippen LogP) is 2.14. The second kappa shape index (κ2) is 7.00. The number of ketones is 1. The maximum Gasteiger partial charge on any atom is 0.358 e. The zero-order valence-corrected chi connectivity index (χ0v) is 13.4. The van der Waals surface area contributed by atoms with Crippen LogP contribution in [-0.4, -0.2) is 50.1 Å². The first-order chi connectivity index (χ1) is 10.0. The predicted molar refractivity (Wildman–Crippen MR) is 80.3 cm³/mol. The molecule has 0 bridgehead atoms. The van der Waals surface area contributed by atoms with Crippen molar-refractivity contribution in [1.29, 1.82) is 0 Å². The zero-order valence-electron chi connectivity index (χ0n) is 12.5. The number of carbonyl (C=O) groups is 2. The molecule has 1 aliphatic rings. The summed E-state index contributed by atoms with van der Waals surface area (Å²) in [7, 11) is 3.17. The van der Waals surface area contributed by atoms with Crippen molar-refractivity contribution in [3.63, 3.8) is 0 Å². The second-order valence-electron chi connectivity index (χ2n) is 5.09. The third-order valence-corrected chi connectivity index (χ3v) is 4.66. The lowest BCUT2D eigenvalue weighted by Gasteiger charge is -2.27. The fourth-order valence-corrected chi connectivity index (χ4v) is 3.20. The highest BCUT2D eigenvalue weighted by atomic mass is 32.1. The van der Waals surface area contributed by atoms with Crippen LogP contribution in [-0.2, 0) is 9.47 Å². The third-order valence-electron chi connectivity index (χ3n) is 3.39. The third kappa shape index (κ3) is 3.79. The van der Waals surface area contributed by atoms with E-state index in [-0.39, 0.29) is 17.6 Å². The Hall–Kier alpha value is -1.47. The van der Waals surface area contributed by atoms with E-state index in [9.17, 15) is 9.59 Å². The lowest BCUT2D eigenvalue weighted by atomic mass is 10.1. The van der Waals surface area contributed by atoms with Gasteiger partial charge in [-0.1, -0.05) is 11.3 Å². The van der Waals surface area contributed by atoms with Gasteiger partial charge in [-0.15, -0.1) is 0 Å². The topological polar surface area (TPSA) is 68.7 Å². The van der Waals surface area contributed by atoms with Crippen LogP contribution >= 0.6 is 11.3 Å². The molecule has 0 N–H and O–H groups in total. The van der Waals surface area contributed by atoms with Gasteiger partial charge in [-0.05, 0) is 19.3 Å². The van der Waals surface area contributed by atoms with Crippen molar-refractivity contribution in [1.82, 2.24) is 4.98 Å². The molecular weight excluding hydrogens is 292 g/mol. The number of thiazole rings is 1. The van der Waals surface area contributed by atoms with Crippen LogP contribution in [0.5, 0.6) is 0 Å². The second-order valence-corrected chi connectivity index (χ2v) is 6.07. The lowest BCUT2D eigenvalue weighted by molar-refractivity contribution is 0.0216. The van der Waals surface area contributed by atoms with Gasteiger partial charge < -0.3 is 14.4 Å². The number of methoxy groups -OCH3 is 1. The van der Waals surface area contributed by atoms with Gasteiger partial charge in [0.05, 0.1) is 13.2 Å². The molecule has 2 rings (SSSR count). The maximum absolute atomic E-state index is 11.7. The molecule has 2 heterocycles. The molecule has 116 valence electrons. The first kappa shape index (κ1) is 15.9. The van der Waals surface area contributed by atoms with Crippen molar-refractivity contribution in [3.8, 4) is 0 Å². The van der Waals surface area contributed by atoms with E-state index in [1.165, 1.54) is 31.8 Å². The molecule has 1 aromatic rings. The molecular formula is C14H20N2O4S. The van der Waals surface area contributed by atoms with E-state index in [0.29, 0.717) is 16.6 Å². The number of likely N-dealkylation sites (N-methyl/N-ethyl adjacent to an activating group) is 1. The Labute approximate surface area is 128 Å². The Morgan fingerprint density at radius 2 is 2.24 bits per heavy atom. The first-order valence-corrected chi connectivity index (χ1v) is 7.77. The highest BCUT2D eigenvalue weighted by Crippen LogP contribution is 2.27. The van der Waals surface area contributed by atoms with E-state index in [4.69, 9.17) is 4.74 Å². The normalized spacial score (nSPS) is 18.3. The Morgan fingerprint density at radius 1 is 1.48 bits per heavy atom. The quantitative estimate of drug-likeness (QED) is 0.613. The summed E-state index contributed by atoms with van der Waals surface area (Å²) in [5, 5.41) is 0.634. The van der Waals surface area contributed by atoms with Crippen LogP contribution in [0.4, 0.5) is 5.13 Å². The zero-order chi connectivity index (χ0) is 15.4. The molecule has 0 saturated carbocycles. The molecule has 0 amide bonds. The molecule has 0 aromatic carbocycles. The lowest BCUT2D eigenvalue weighted by Crippen LogP contribution is -2.33. The highest BCUT2D eigenvalue weighted by Gasteiger charge is 2.24. The fourth-order valence-electron chi connectivity index (χ4n) is 2.28. The minimum absolute atomic E-state index is 0.0985. The van der Waals surface area contributed by atoms with Gasteiger partial charge in [0.15, 0.2) is 16.6 Å². The van der Waals surface area contributed by atoms with E-state index in [1.807, 2.05) is 11.9 Å². The number of esters is 1. The summed E-state index contributed by atoms with van der Waals surface area (Å²) < 4.78 is 10.4. The van der Waals surface area contributed by atoms with Crippen LogP contribution in [0.25, 0.3) is 0 Å². The summed E-state index contributed by atoms with van der Waals surface area (Å²) in [6.45, 7) is 2.92. The van der Waals surface area contributed by atoms with Gasteiger partial charge in [-0.25, -0.2) is 9.78 Å². The van der Waals surface area contributed by atoms with Crippen molar-refractivity contribution < 1.29 is 19.1 Å². The van der Waals surface area contributed by atoms with Crippen LogP contribution in [0.3, 0.4) is 0 Å². The summed E-state index contributed by atoms with van der Waals surface area (Å²) in [5.41, 5.74) is 0.0985. The summed E-state index contributed by atoms with van der Waals surface area (Å²) >= 11 is 1.22. The molecule has 0 aliphatic carbocycles. The van der Waals surface area contributed by atoms with Crippen LogP contribution in [0.2, 0.25) is 0 Å². The standard InChI is InChI=1S/C14H20N2O4S/c1-9(17)12-11(13(18)19-3)15-14(21-12)16(2)8-10-6-4-5-7-20-10/h10H,4-8H2,1-3H3.